The molecule has 0 bridgehead atoms. The summed E-state index contributed by atoms with van der Waals surface area (Å²) in [5.41, 5.74) is 5.32. The minimum Gasteiger partial charge on any atom is -0.480 e. The molecule has 0 spiro atoms. The second kappa shape index (κ2) is 14.0. The van der Waals surface area contributed by atoms with Gasteiger partial charge in [0.1, 0.15) is 6.04 Å². The number of ketones is 1. The topological polar surface area (TPSA) is 109 Å². The number of amides is 1. The summed E-state index contributed by atoms with van der Waals surface area (Å²) in [6.45, 7) is 3.77. The number of carboxylic acid groups (broad SMARTS) is 1. The van der Waals surface area contributed by atoms with Gasteiger partial charge in [-0.15, -0.1) is 0 Å². The Bertz CT molecular complexity index is 385. The molecule has 0 fully saturated rings. The van der Waals surface area contributed by atoms with Crippen LogP contribution in [0.3, 0.4) is 0 Å². The van der Waals surface area contributed by atoms with Crippen LogP contribution in [-0.2, 0) is 14.4 Å². The molecule has 0 aliphatic heterocycles. The highest BCUT2D eigenvalue weighted by Crippen LogP contribution is 2.10. The van der Waals surface area contributed by atoms with Gasteiger partial charge in [0.05, 0.1) is 6.04 Å². The van der Waals surface area contributed by atoms with E-state index in [1.54, 1.807) is 6.92 Å². The highest BCUT2D eigenvalue weighted by atomic mass is 16.4. The van der Waals surface area contributed by atoms with Gasteiger partial charge in [-0.1, -0.05) is 58.3 Å². The Balaban J connectivity index is 3.67. The summed E-state index contributed by atoms with van der Waals surface area (Å²) in [6.07, 6.45) is 10.8. The van der Waals surface area contributed by atoms with E-state index < -0.39 is 18.1 Å². The summed E-state index contributed by atoms with van der Waals surface area (Å²) in [4.78, 5) is 34.1. The summed E-state index contributed by atoms with van der Waals surface area (Å²) >= 11 is 0. The van der Waals surface area contributed by atoms with Crippen molar-refractivity contribution >= 4 is 17.7 Å². The van der Waals surface area contributed by atoms with Crippen LogP contribution in [0.2, 0.25) is 0 Å². The molecule has 24 heavy (non-hydrogen) atoms. The van der Waals surface area contributed by atoms with Gasteiger partial charge in [0.15, 0.2) is 5.78 Å². The third-order valence-corrected chi connectivity index (χ3v) is 4.11. The summed E-state index contributed by atoms with van der Waals surface area (Å²) in [5.74, 6) is -1.73. The molecule has 140 valence electrons. The molecule has 0 aromatic heterocycles. The van der Waals surface area contributed by atoms with Crippen molar-refractivity contribution in [2.24, 2.45) is 5.73 Å². The van der Waals surface area contributed by atoms with Gasteiger partial charge in [0, 0.05) is 12.8 Å². The Labute approximate surface area is 145 Å². The molecule has 0 saturated heterocycles. The molecule has 2 atom stereocenters. The van der Waals surface area contributed by atoms with Gasteiger partial charge < -0.3 is 16.2 Å². The maximum Gasteiger partial charge on any atom is 0.320 e. The number of carbonyl (C=O) groups is 3. The molecule has 4 N–H and O–H groups in total. The van der Waals surface area contributed by atoms with Crippen molar-refractivity contribution < 1.29 is 19.5 Å². The molecule has 1 amide bonds. The molecule has 6 heteroatoms. The van der Waals surface area contributed by atoms with Crippen LogP contribution in [0.25, 0.3) is 0 Å². The predicted molar refractivity (Wildman–Crippen MR) is 94.7 cm³/mol. The number of carboxylic acids is 1. The van der Waals surface area contributed by atoms with E-state index in [0.29, 0.717) is 6.42 Å². The normalized spacial score (nSPS) is 13.3. The van der Waals surface area contributed by atoms with Crippen LogP contribution in [0.4, 0.5) is 0 Å². The first kappa shape index (κ1) is 22.6. The number of nitrogens with two attached hydrogens (primary N) is 1. The predicted octanol–water partition coefficient (Wildman–Crippen LogP) is 2.78. The van der Waals surface area contributed by atoms with Crippen LogP contribution in [0.15, 0.2) is 0 Å². The van der Waals surface area contributed by atoms with Crippen LogP contribution < -0.4 is 11.1 Å². The monoisotopic (exact) mass is 342 g/mol. The van der Waals surface area contributed by atoms with Crippen LogP contribution in [0.1, 0.15) is 84.5 Å². The second-order valence-electron chi connectivity index (χ2n) is 6.48. The standard InChI is InChI=1S/C18H34N2O4/c1-3-4-5-6-7-8-9-10-11-12-17(22)20-14(2)16(21)13-15(19)18(23)24/h14-15H,3-13,19H2,1-2H3,(H,20,22)(H,23,24)/t14-,15-/m0/s1. The van der Waals surface area contributed by atoms with Gasteiger partial charge in [0.25, 0.3) is 0 Å². The lowest BCUT2D eigenvalue weighted by molar-refractivity contribution is -0.140. The van der Waals surface area contributed by atoms with E-state index in [1.165, 1.54) is 38.5 Å². The third-order valence-electron chi connectivity index (χ3n) is 4.11. The van der Waals surface area contributed by atoms with Gasteiger partial charge in [-0.05, 0) is 13.3 Å². The molecule has 0 unspecified atom stereocenters. The molecule has 0 saturated carbocycles. The molecule has 6 nitrogen and oxygen atoms in total. The van der Waals surface area contributed by atoms with Gasteiger partial charge in [0.2, 0.25) is 5.91 Å². The Hall–Kier alpha value is -1.43. The zero-order valence-corrected chi connectivity index (χ0v) is 15.2. The minimum absolute atomic E-state index is 0.164. The lowest BCUT2D eigenvalue weighted by Gasteiger charge is -2.14. The molecule has 0 radical (unpaired) electrons. The van der Waals surface area contributed by atoms with Gasteiger partial charge in [-0.2, -0.15) is 0 Å². The first-order chi connectivity index (χ1) is 11.4. The number of aliphatic carboxylic acids is 1. The molecule has 0 aliphatic carbocycles. The number of nitrogens with one attached hydrogen (secondary N) is 1. The van der Waals surface area contributed by atoms with Crippen LogP contribution in [0, 0.1) is 0 Å². The van der Waals surface area contributed by atoms with Crippen molar-refractivity contribution in [3.05, 3.63) is 0 Å². The Kier molecular flexibility index (Phi) is 13.1. The number of unbranched alkanes of at least 4 members (excludes halogenated alkanes) is 8. The summed E-state index contributed by atoms with van der Waals surface area (Å²) in [5, 5.41) is 11.3. The fraction of sp³-hybridized carbons (Fsp3) is 0.833. The van der Waals surface area contributed by atoms with E-state index in [4.69, 9.17) is 10.8 Å². The van der Waals surface area contributed by atoms with E-state index in [-0.39, 0.29) is 18.1 Å². The number of rotatable bonds is 15. The average molecular weight is 342 g/mol. The van der Waals surface area contributed by atoms with Crippen LogP contribution in [0.5, 0.6) is 0 Å². The fourth-order valence-corrected chi connectivity index (χ4v) is 2.47. The van der Waals surface area contributed by atoms with Gasteiger partial charge >= 0.3 is 5.97 Å². The number of hydrogen-bond donors (Lipinski definition) is 3. The van der Waals surface area contributed by atoms with Crippen molar-refractivity contribution in [3.63, 3.8) is 0 Å². The number of hydrogen-bond acceptors (Lipinski definition) is 4. The summed E-state index contributed by atoms with van der Waals surface area (Å²) in [7, 11) is 0. The fourth-order valence-electron chi connectivity index (χ4n) is 2.47. The molecule has 0 aromatic carbocycles. The average Bonchev–Trinajstić information content (AvgIpc) is 2.52. The lowest BCUT2D eigenvalue weighted by Crippen LogP contribution is -2.42. The second-order valence-corrected chi connectivity index (χ2v) is 6.48. The van der Waals surface area contributed by atoms with Crippen LogP contribution >= 0.6 is 0 Å². The van der Waals surface area contributed by atoms with Crippen molar-refractivity contribution in [1.29, 1.82) is 0 Å². The largest absolute Gasteiger partial charge is 0.480 e. The Morgan fingerprint density at radius 3 is 1.96 bits per heavy atom. The molecule has 0 rings (SSSR count). The van der Waals surface area contributed by atoms with Crippen molar-refractivity contribution in [2.75, 3.05) is 0 Å². The van der Waals surface area contributed by atoms with Crippen LogP contribution in [-0.4, -0.2) is 34.8 Å². The number of Topliss-reactive ketones (excluding diaryl/α,β-unsaturated/α-hetero) is 1. The smallest absolute Gasteiger partial charge is 0.320 e. The van der Waals surface area contributed by atoms with Crippen molar-refractivity contribution in [1.82, 2.24) is 5.32 Å². The zero-order chi connectivity index (χ0) is 18.4. The first-order valence-corrected chi connectivity index (χ1v) is 9.19. The van der Waals surface area contributed by atoms with E-state index in [2.05, 4.69) is 12.2 Å². The molecular weight excluding hydrogens is 308 g/mol. The minimum atomic E-state index is -1.21. The quantitative estimate of drug-likeness (QED) is 0.396. The van der Waals surface area contributed by atoms with E-state index in [0.717, 1.165) is 19.3 Å². The maximum atomic E-state index is 11.8. The maximum absolute atomic E-state index is 11.8. The molecule has 0 aromatic rings. The van der Waals surface area contributed by atoms with Crippen molar-refractivity contribution in [2.45, 2.75) is 96.6 Å². The number of carbonyl (C=O) groups excluding carboxylic acids is 2. The van der Waals surface area contributed by atoms with Gasteiger partial charge in [-0.25, -0.2) is 0 Å². The molecular formula is C18H34N2O4. The molecule has 0 heterocycles. The van der Waals surface area contributed by atoms with E-state index in [1.807, 2.05) is 0 Å². The van der Waals surface area contributed by atoms with E-state index >= 15 is 0 Å². The molecule has 0 aliphatic rings. The SMILES string of the molecule is CCCCCCCCCCCC(=O)N[C@@H](C)C(=O)C[C@H](N)C(=O)O. The zero-order valence-electron chi connectivity index (χ0n) is 15.2. The third kappa shape index (κ3) is 12.0. The summed E-state index contributed by atoms with van der Waals surface area (Å²) in [6, 6.07) is -1.91. The Morgan fingerprint density at radius 2 is 1.46 bits per heavy atom. The van der Waals surface area contributed by atoms with E-state index in [9.17, 15) is 14.4 Å². The first-order valence-electron chi connectivity index (χ1n) is 9.19. The summed E-state index contributed by atoms with van der Waals surface area (Å²) < 4.78 is 0. The van der Waals surface area contributed by atoms with Gasteiger partial charge in [-0.3, -0.25) is 14.4 Å². The highest BCUT2D eigenvalue weighted by molar-refractivity contribution is 5.91. The highest BCUT2D eigenvalue weighted by Gasteiger charge is 2.21. The van der Waals surface area contributed by atoms with Crippen molar-refractivity contribution in [3.8, 4) is 0 Å². The lowest BCUT2D eigenvalue weighted by atomic mass is 10.1. The Morgan fingerprint density at radius 1 is 0.958 bits per heavy atom.